The zero-order valence-corrected chi connectivity index (χ0v) is 14.1. The van der Waals surface area contributed by atoms with Gasteiger partial charge < -0.3 is 0 Å². The number of hydrogen-bond donors (Lipinski definition) is 0. The third-order valence-corrected chi connectivity index (χ3v) is 5.20. The molecule has 0 bridgehead atoms. The summed E-state index contributed by atoms with van der Waals surface area (Å²) in [5.74, 6) is 0.489. The summed E-state index contributed by atoms with van der Waals surface area (Å²) in [6.07, 6.45) is 11.1. The molecule has 0 spiro atoms. The van der Waals surface area contributed by atoms with E-state index < -0.39 is 0 Å². The highest BCUT2D eigenvalue weighted by Gasteiger charge is 2.23. The van der Waals surface area contributed by atoms with E-state index in [9.17, 15) is 8.78 Å². The van der Waals surface area contributed by atoms with Gasteiger partial charge in [-0.05, 0) is 61.6 Å². The molecule has 0 aromatic heterocycles. The Hall–Kier alpha value is -0.920. The molecule has 0 saturated heterocycles. The standard InChI is InChI=1S/C20H30F2/c1-3-5-6-8-15-9-11-16(12-10-15)17-13-19(21)18(7-4-2)20(22)14-17/h13-16H,3-12H2,1-2H3. The van der Waals surface area contributed by atoms with Crippen molar-refractivity contribution < 1.29 is 8.78 Å². The fourth-order valence-corrected chi connectivity index (χ4v) is 3.81. The van der Waals surface area contributed by atoms with Gasteiger partial charge in [0.15, 0.2) is 0 Å². The molecule has 1 saturated carbocycles. The average Bonchev–Trinajstić information content (AvgIpc) is 2.52. The Bertz CT molecular complexity index is 436. The first-order chi connectivity index (χ1) is 10.7. The van der Waals surface area contributed by atoms with Gasteiger partial charge in [-0.1, -0.05) is 46.0 Å². The van der Waals surface area contributed by atoms with Gasteiger partial charge in [0.05, 0.1) is 0 Å². The molecule has 0 heterocycles. The minimum absolute atomic E-state index is 0.263. The minimum Gasteiger partial charge on any atom is -0.207 e. The normalized spacial score (nSPS) is 22.0. The van der Waals surface area contributed by atoms with E-state index in [1.54, 1.807) is 12.1 Å². The van der Waals surface area contributed by atoms with Crippen molar-refractivity contribution >= 4 is 0 Å². The first-order valence-electron chi connectivity index (χ1n) is 9.13. The van der Waals surface area contributed by atoms with Crippen molar-refractivity contribution in [2.75, 3.05) is 0 Å². The third kappa shape index (κ3) is 4.54. The minimum atomic E-state index is -0.345. The zero-order chi connectivity index (χ0) is 15.9. The topological polar surface area (TPSA) is 0 Å². The van der Waals surface area contributed by atoms with Crippen LogP contribution >= 0.6 is 0 Å². The van der Waals surface area contributed by atoms with E-state index >= 15 is 0 Å². The summed E-state index contributed by atoms with van der Waals surface area (Å²) in [4.78, 5) is 0. The van der Waals surface area contributed by atoms with Gasteiger partial charge in [-0.2, -0.15) is 0 Å². The molecule has 0 unspecified atom stereocenters. The van der Waals surface area contributed by atoms with Crippen molar-refractivity contribution in [2.45, 2.75) is 84.0 Å². The number of rotatable bonds is 7. The number of unbranched alkanes of at least 4 members (excludes halogenated alkanes) is 2. The SMILES string of the molecule is CCCCCC1CCC(c2cc(F)c(CCC)c(F)c2)CC1. The van der Waals surface area contributed by atoms with Crippen LogP contribution in [0.5, 0.6) is 0 Å². The second-order valence-corrected chi connectivity index (χ2v) is 6.93. The lowest BCUT2D eigenvalue weighted by molar-refractivity contribution is 0.302. The van der Waals surface area contributed by atoms with Gasteiger partial charge in [0, 0.05) is 5.56 Å². The van der Waals surface area contributed by atoms with Crippen LogP contribution in [0.2, 0.25) is 0 Å². The fourth-order valence-electron chi connectivity index (χ4n) is 3.81. The Kier molecular flexibility index (Phi) is 6.85. The highest BCUT2D eigenvalue weighted by Crippen LogP contribution is 2.38. The molecule has 2 heteroatoms. The van der Waals surface area contributed by atoms with Crippen molar-refractivity contribution in [3.8, 4) is 0 Å². The molecule has 2 rings (SSSR count). The van der Waals surface area contributed by atoms with Crippen LogP contribution in [0.15, 0.2) is 12.1 Å². The van der Waals surface area contributed by atoms with Gasteiger partial charge in [-0.25, -0.2) is 8.78 Å². The molecule has 0 amide bonds. The number of hydrogen-bond acceptors (Lipinski definition) is 0. The summed E-state index contributed by atoms with van der Waals surface area (Å²) in [5.41, 5.74) is 1.14. The largest absolute Gasteiger partial charge is 0.207 e. The quantitative estimate of drug-likeness (QED) is 0.487. The third-order valence-electron chi connectivity index (χ3n) is 5.20. The van der Waals surface area contributed by atoms with E-state index in [4.69, 9.17) is 0 Å². The molecular weight excluding hydrogens is 278 g/mol. The lowest BCUT2D eigenvalue weighted by Crippen LogP contribution is -2.14. The lowest BCUT2D eigenvalue weighted by atomic mass is 9.77. The second kappa shape index (κ2) is 8.64. The number of halogens is 2. The van der Waals surface area contributed by atoms with Crippen molar-refractivity contribution in [1.29, 1.82) is 0 Å². The summed E-state index contributed by atoms with van der Waals surface area (Å²) >= 11 is 0. The van der Waals surface area contributed by atoms with Gasteiger partial charge in [0.25, 0.3) is 0 Å². The van der Waals surface area contributed by atoms with Crippen LogP contribution in [0, 0.1) is 17.6 Å². The predicted octanol–water partition coefficient (Wildman–Crippen LogP) is 6.77. The summed E-state index contributed by atoms with van der Waals surface area (Å²) < 4.78 is 28.2. The smallest absolute Gasteiger partial charge is 0.129 e. The van der Waals surface area contributed by atoms with Crippen molar-refractivity contribution in [3.63, 3.8) is 0 Å². The van der Waals surface area contributed by atoms with Gasteiger partial charge in [-0.3, -0.25) is 0 Å². The van der Waals surface area contributed by atoms with E-state index in [-0.39, 0.29) is 17.2 Å². The summed E-state index contributed by atoms with van der Waals surface area (Å²) in [7, 11) is 0. The predicted molar refractivity (Wildman–Crippen MR) is 89.2 cm³/mol. The Labute approximate surface area is 134 Å². The Morgan fingerprint density at radius 2 is 1.55 bits per heavy atom. The molecule has 1 aromatic rings. The van der Waals surface area contributed by atoms with Gasteiger partial charge in [-0.15, -0.1) is 0 Å². The molecule has 0 radical (unpaired) electrons. The van der Waals surface area contributed by atoms with E-state index in [2.05, 4.69) is 6.92 Å². The van der Waals surface area contributed by atoms with E-state index in [1.165, 1.54) is 38.5 Å². The number of benzene rings is 1. The molecule has 0 nitrogen and oxygen atoms in total. The first-order valence-corrected chi connectivity index (χ1v) is 9.13. The van der Waals surface area contributed by atoms with Crippen molar-refractivity contribution in [1.82, 2.24) is 0 Å². The Morgan fingerprint density at radius 1 is 0.909 bits per heavy atom. The summed E-state index contributed by atoms with van der Waals surface area (Å²) in [5, 5.41) is 0. The molecule has 1 aliphatic carbocycles. The maximum absolute atomic E-state index is 14.1. The van der Waals surface area contributed by atoms with Gasteiger partial charge in [0.2, 0.25) is 0 Å². The molecule has 1 aliphatic rings. The monoisotopic (exact) mass is 308 g/mol. The second-order valence-electron chi connectivity index (χ2n) is 6.93. The van der Waals surface area contributed by atoms with E-state index in [0.29, 0.717) is 12.3 Å². The van der Waals surface area contributed by atoms with Crippen LogP contribution in [0.25, 0.3) is 0 Å². The molecule has 124 valence electrons. The zero-order valence-electron chi connectivity index (χ0n) is 14.1. The lowest BCUT2D eigenvalue weighted by Gasteiger charge is -2.29. The van der Waals surface area contributed by atoms with E-state index in [0.717, 1.165) is 30.7 Å². The van der Waals surface area contributed by atoms with Crippen molar-refractivity contribution in [3.05, 3.63) is 34.9 Å². The van der Waals surface area contributed by atoms with Crippen LogP contribution in [0.3, 0.4) is 0 Å². The molecule has 0 N–H and O–H groups in total. The first kappa shape index (κ1) is 17.4. The molecule has 0 aliphatic heterocycles. The Morgan fingerprint density at radius 3 is 2.09 bits per heavy atom. The summed E-state index contributed by atoms with van der Waals surface area (Å²) in [6.45, 7) is 4.19. The van der Waals surface area contributed by atoms with E-state index in [1.807, 2.05) is 6.92 Å². The highest BCUT2D eigenvalue weighted by atomic mass is 19.1. The van der Waals surface area contributed by atoms with Crippen molar-refractivity contribution in [2.24, 2.45) is 5.92 Å². The van der Waals surface area contributed by atoms with Crippen LogP contribution < -0.4 is 0 Å². The van der Waals surface area contributed by atoms with Gasteiger partial charge >= 0.3 is 0 Å². The maximum atomic E-state index is 14.1. The fraction of sp³-hybridized carbons (Fsp3) is 0.700. The van der Waals surface area contributed by atoms with Crippen LogP contribution in [0.4, 0.5) is 8.78 Å². The van der Waals surface area contributed by atoms with Gasteiger partial charge in [0.1, 0.15) is 11.6 Å². The molecular formula is C20H30F2. The van der Waals surface area contributed by atoms with Crippen LogP contribution in [-0.4, -0.2) is 0 Å². The maximum Gasteiger partial charge on any atom is 0.129 e. The van der Waals surface area contributed by atoms with Crippen LogP contribution in [0.1, 0.15) is 88.7 Å². The van der Waals surface area contributed by atoms with Crippen LogP contribution in [-0.2, 0) is 6.42 Å². The average molecular weight is 308 g/mol. The summed E-state index contributed by atoms with van der Waals surface area (Å²) in [6, 6.07) is 3.19. The Balaban J connectivity index is 1.94. The highest BCUT2D eigenvalue weighted by molar-refractivity contribution is 5.29. The molecule has 0 atom stereocenters. The molecule has 1 fully saturated rings. The molecule has 22 heavy (non-hydrogen) atoms. The molecule has 1 aromatic carbocycles.